The maximum Gasteiger partial charge on any atom is 0.128 e. The van der Waals surface area contributed by atoms with Crippen LogP contribution in [0, 0.1) is 5.82 Å². The van der Waals surface area contributed by atoms with Crippen LogP contribution in [0.1, 0.15) is 29.5 Å². The summed E-state index contributed by atoms with van der Waals surface area (Å²) >= 11 is 1.73. The van der Waals surface area contributed by atoms with Gasteiger partial charge in [0.25, 0.3) is 0 Å². The Kier molecular flexibility index (Phi) is 5.78. The number of aliphatic hydroxyl groups is 1. The number of thiazole rings is 1. The first-order valence-electron chi connectivity index (χ1n) is 9.29. The molecule has 2 heterocycles. The fourth-order valence-corrected chi connectivity index (χ4v) is 4.74. The fourth-order valence-electron chi connectivity index (χ4n) is 3.60. The second-order valence-electron chi connectivity index (χ2n) is 6.93. The quantitative estimate of drug-likeness (QED) is 0.663. The third-order valence-electron chi connectivity index (χ3n) is 4.93. The molecular weight excluding hydrogens is 363 g/mol. The highest BCUT2D eigenvalue weighted by atomic mass is 32.1. The van der Waals surface area contributed by atoms with Crippen molar-refractivity contribution in [2.24, 2.45) is 0 Å². The summed E-state index contributed by atoms with van der Waals surface area (Å²) in [5.41, 5.74) is 1.55. The Labute approximate surface area is 162 Å². The normalized spacial score (nSPS) is 19.0. The second-order valence-corrected chi connectivity index (χ2v) is 8.00. The minimum absolute atomic E-state index is 0.172. The zero-order valence-electron chi connectivity index (χ0n) is 15.1. The summed E-state index contributed by atoms with van der Waals surface area (Å²) in [4.78, 5) is 7.07. The monoisotopic (exact) mass is 386 g/mol. The van der Waals surface area contributed by atoms with Crippen molar-refractivity contribution < 1.29 is 14.2 Å². The number of ether oxygens (including phenoxy) is 1. The van der Waals surface area contributed by atoms with E-state index in [9.17, 15) is 9.50 Å². The maximum absolute atomic E-state index is 13.6. The molecular formula is C21H23FN2O2S. The lowest BCUT2D eigenvalue weighted by Crippen LogP contribution is -2.34. The Balaban J connectivity index is 1.33. The zero-order chi connectivity index (χ0) is 18.6. The van der Waals surface area contributed by atoms with E-state index in [4.69, 9.17) is 9.72 Å². The highest BCUT2D eigenvalue weighted by Crippen LogP contribution is 2.36. The Morgan fingerprint density at radius 1 is 1.22 bits per heavy atom. The number of nitrogens with zero attached hydrogens (tertiary/aromatic N) is 2. The molecule has 0 aliphatic carbocycles. The van der Waals surface area contributed by atoms with Gasteiger partial charge in [-0.25, -0.2) is 9.37 Å². The molecule has 6 heteroatoms. The van der Waals surface area contributed by atoms with Crippen LogP contribution in [0.2, 0.25) is 0 Å². The molecule has 1 saturated heterocycles. The van der Waals surface area contributed by atoms with Crippen molar-refractivity contribution in [2.75, 3.05) is 19.7 Å². The van der Waals surface area contributed by atoms with Gasteiger partial charge in [0.15, 0.2) is 0 Å². The summed E-state index contributed by atoms with van der Waals surface area (Å²) in [7, 11) is 0. The molecule has 0 radical (unpaired) electrons. The molecule has 0 saturated carbocycles. The molecule has 27 heavy (non-hydrogen) atoms. The molecule has 0 spiro atoms. The van der Waals surface area contributed by atoms with Gasteiger partial charge in [0.2, 0.25) is 0 Å². The number of aliphatic hydroxyl groups excluding tert-OH is 1. The smallest absolute Gasteiger partial charge is 0.128 e. The Morgan fingerprint density at radius 2 is 2.04 bits per heavy atom. The van der Waals surface area contributed by atoms with E-state index >= 15 is 0 Å². The molecule has 0 amide bonds. The van der Waals surface area contributed by atoms with Gasteiger partial charge in [0, 0.05) is 12.1 Å². The first-order chi connectivity index (χ1) is 13.2. The van der Waals surface area contributed by atoms with Crippen LogP contribution in [-0.4, -0.2) is 40.8 Å². The molecule has 1 aromatic heterocycles. The summed E-state index contributed by atoms with van der Waals surface area (Å²) in [6.45, 7) is 1.85. The van der Waals surface area contributed by atoms with Gasteiger partial charge in [-0.15, -0.1) is 11.3 Å². The standard InChI is InChI=1S/C21H23FN2O2S/c22-17-7-2-1-6-15(17)13-26-14-16(25)12-24-11-5-9-19(24)21-23-18-8-3-4-10-20(18)27-21/h1-4,6-8,10,16,19,25H,5,9,11-14H2. The molecule has 3 aromatic rings. The lowest BCUT2D eigenvalue weighted by Gasteiger charge is -2.25. The van der Waals surface area contributed by atoms with E-state index in [1.807, 2.05) is 18.2 Å². The van der Waals surface area contributed by atoms with Crippen LogP contribution in [-0.2, 0) is 11.3 Å². The molecule has 0 bridgehead atoms. The largest absolute Gasteiger partial charge is 0.389 e. The van der Waals surface area contributed by atoms with Crippen molar-refractivity contribution in [2.45, 2.75) is 31.6 Å². The highest BCUT2D eigenvalue weighted by Gasteiger charge is 2.30. The van der Waals surface area contributed by atoms with Crippen LogP contribution >= 0.6 is 11.3 Å². The highest BCUT2D eigenvalue weighted by molar-refractivity contribution is 7.18. The molecule has 1 N–H and O–H groups in total. The number of halogens is 1. The average molecular weight is 386 g/mol. The van der Waals surface area contributed by atoms with E-state index in [2.05, 4.69) is 11.0 Å². The minimum Gasteiger partial charge on any atom is -0.389 e. The van der Waals surface area contributed by atoms with Crippen molar-refractivity contribution in [3.63, 3.8) is 0 Å². The predicted octanol–water partition coefficient (Wildman–Crippen LogP) is 4.15. The van der Waals surface area contributed by atoms with Crippen molar-refractivity contribution >= 4 is 21.6 Å². The molecule has 2 atom stereocenters. The summed E-state index contributed by atoms with van der Waals surface area (Å²) in [5, 5.41) is 11.5. The number of hydrogen-bond donors (Lipinski definition) is 1. The summed E-state index contributed by atoms with van der Waals surface area (Å²) in [5.74, 6) is -0.276. The number of para-hydroxylation sites is 1. The van der Waals surface area contributed by atoms with E-state index in [1.54, 1.807) is 29.5 Å². The maximum atomic E-state index is 13.6. The van der Waals surface area contributed by atoms with Gasteiger partial charge >= 0.3 is 0 Å². The molecule has 2 unspecified atom stereocenters. The molecule has 1 aliphatic rings. The SMILES string of the molecule is OC(COCc1ccccc1F)CN1CCCC1c1nc2ccccc2s1. The molecule has 1 aliphatic heterocycles. The minimum atomic E-state index is -0.605. The summed E-state index contributed by atoms with van der Waals surface area (Å²) < 4.78 is 20.3. The zero-order valence-corrected chi connectivity index (χ0v) is 15.9. The first kappa shape index (κ1) is 18.5. The topological polar surface area (TPSA) is 45.6 Å². The molecule has 4 rings (SSSR count). The van der Waals surface area contributed by atoms with Crippen LogP contribution in [0.4, 0.5) is 4.39 Å². The van der Waals surface area contributed by atoms with Crippen molar-refractivity contribution in [3.05, 3.63) is 64.9 Å². The van der Waals surface area contributed by atoms with Gasteiger partial charge in [-0.2, -0.15) is 0 Å². The van der Waals surface area contributed by atoms with Gasteiger partial charge in [-0.05, 0) is 37.6 Å². The van der Waals surface area contributed by atoms with E-state index < -0.39 is 6.10 Å². The van der Waals surface area contributed by atoms with E-state index in [1.165, 1.54) is 10.8 Å². The predicted molar refractivity (Wildman–Crippen MR) is 105 cm³/mol. The Bertz CT molecular complexity index is 868. The van der Waals surface area contributed by atoms with Crippen LogP contribution in [0.3, 0.4) is 0 Å². The molecule has 4 nitrogen and oxygen atoms in total. The van der Waals surface area contributed by atoms with Crippen molar-refractivity contribution in [1.29, 1.82) is 0 Å². The fraction of sp³-hybridized carbons (Fsp3) is 0.381. The van der Waals surface area contributed by atoms with Gasteiger partial charge in [-0.1, -0.05) is 30.3 Å². The third-order valence-corrected chi connectivity index (χ3v) is 6.07. The number of aromatic nitrogens is 1. The average Bonchev–Trinajstić information content (AvgIpc) is 3.29. The lowest BCUT2D eigenvalue weighted by molar-refractivity contribution is 0.00698. The van der Waals surface area contributed by atoms with Crippen molar-refractivity contribution in [1.82, 2.24) is 9.88 Å². The summed E-state index contributed by atoms with van der Waals surface area (Å²) in [6.07, 6.45) is 1.55. The number of hydrogen-bond acceptors (Lipinski definition) is 5. The van der Waals surface area contributed by atoms with Crippen LogP contribution in [0.25, 0.3) is 10.2 Å². The Hall–Kier alpha value is -1.86. The number of β-amino-alcohol motifs (C(OH)–C–C–N with tert-alkyl or cyclic N) is 1. The summed E-state index contributed by atoms with van der Waals surface area (Å²) in [6, 6.07) is 15.0. The van der Waals surface area contributed by atoms with Gasteiger partial charge in [0.1, 0.15) is 10.8 Å². The van der Waals surface area contributed by atoms with E-state index in [-0.39, 0.29) is 25.1 Å². The van der Waals surface area contributed by atoms with Crippen LogP contribution in [0.5, 0.6) is 0 Å². The number of rotatable bonds is 7. The number of benzene rings is 2. The van der Waals surface area contributed by atoms with Gasteiger partial charge < -0.3 is 9.84 Å². The molecule has 2 aromatic carbocycles. The Morgan fingerprint density at radius 3 is 2.89 bits per heavy atom. The first-order valence-corrected chi connectivity index (χ1v) is 10.1. The molecule has 142 valence electrons. The van der Waals surface area contributed by atoms with Crippen LogP contribution < -0.4 is 0 Å². The lowest BCUT2D eigenvalue weighted by atomic mass is 10.2. The third kappa shape index (κ3) is 4.35. The van der Waals surface area contributed by atoms with Gasteiger partial charge in [0.05, 0.1) is 35.6 Å². The van der Waals surface area contributed by atoms with Crippen molar-refractivity contribution in [3.8, 4) is 0 Å². The number of likely N-dealkylation sites (tertiary alicyclic amines) is 1. The molecule has 1 fully saturated rings. The van der Waals surface area contributed by atoms with E-state index in [0.29, 0.717) is 12.1 Å². The van der Waals surface area contributed by atoms with E-state index in [0.717, 1.165) is 29.9 Å². The van der Waals surface area contributed by atoms with Crippen LogP contribution in [0.15, 0.2) is 48.5 Å². The number of fused-ring (bicyclic) bond motifs is 1. The second kappa shape index (κ2) is 8.44. The van der Waals surface area contributed by atoms with Gasteiger partial charge in [-0.3, -0.25) is 4.90 Å².